The van der Waals surface area contributed by atoms with Gasteiger partial charge in [-0.25, -0.2) is 17.7 Å². The summed E-state index contributed by atoms with van der Waals surface area (Å²) in [4.78, 5) is 26.0. The Balaban J connectivity index is 1.55. The van der Waals surface area contributed by atoms with Gasteiger partial charge in [0.1, 0.15) is 5.82 Å². The number of aromatic nitrogens is 2. The highest BCUT2D eigenvalue weighted by atomic mass is 32.2. The van der Waals surface area contributed by atoms with Gasteiger partial charge < -0.3 is 15.1 Å². The lowest BCUT2D eigenvalue weighted by atomic mass is 9.96. The number of rotatable bonds is 5. The van der Waals surface area contributed by atoms with Gasteiger partial charge in [-0.1, -0.05) is 0 Å². The zero-order valence-electron chi connectivity index (χ0n) is 16.9. The minimum Gasteiger partial charge on any atom is -0.370 e. The lowest BCUT2D eigenvalue weighted by Crippen LogP contribution is -2.52. The number of nitrogens with zero attached hydrogens (tertiary/aromatic N) is 5. The third-order valence-electron chi connectivity index (χ3n) is 5.35. The number of nitrogens with one attached hydrogen (secondary N) is 1. The summed E-state index contributed by atoms with van der Waals surface area (Å²) in [5.74, 6) is 1.58. The van der Waals surface area contributed by atoms with Gasteiger partial charge in [-0.15, -0.1) is 0 Å². The molecule has 2 aliphatic heterocycles. The van der Waals surface area contributed by atoms with Crippen LogP contribution in [-0.4, -0.2) is 85.6 Å². The SMILES string of the molecule is CCNc1cc(C)nc(N2CCN(C(=O)C3CCN(S(C)(=O)=O)CC3)CC2)n1. The predicted octanol–water partition coefficient (Wildman–Crippen LogP) is 0.537. The molecule has 1 aromatic rings. The average molecular weight is 411 g/mol. The number of sulfonamides is 1. The van der Waals surface area contributed by atoms with Crippen LogP contribution >= 0.6 is 0 Å². The molecule has 3 heterocycles. The Bertz CT molecular complexity index is 800. The lowest BCUT2D eigenvalue weighted by Gasteiger charge is -2.38. The molecule has 0 bridgehead atoms. The molecule has 0 atom stereocenters. The first-order valence-electron chi connectivity index (χ1n) is 9.86. The van der Waals surface area contributed by atoms with E-state index < -0.39 is 10.0 Å². The Morgan fingerprint density at radius 1 is 1.14 bits per heavy atom. The molecule has 28 heavy (non-hydrogen) atoms. The minimum atomic E-state index is -3.17. The van der Waals surface area contributed by atoms with E-state index >= 15 is 0 Å². The van der Waals surface area contributed by atoms with E-state index in [0.717, 1.165) is 18.1 Å². The van der Waals surface area contributed by atoms with Crippen LogP contribution in [0.25, 0.3) is 0 Å². The Kier molecular flexibility index (Phi) is 6.39. The number of hydrogen-bond donors (Lipinski definition) is 1. The Morgan fingerprint density at radius 3 is 2.36 bits per heavy atom. The normalized spacial score (nSPS) is 19.7. The predicted molar refractivity (Wildman–Crippen MR) is 109 cm³/mol. The molecule has 2 fully saturated rings. The molecule has 1 aromatic heterocycles. The second-order valence-corrected chi connectivity index (χ2v) is 9.46. The molecule has 0 unspecified atom stereocenters. The van der Waals surface area contributed by atoms with Crippen molar-refractivity contribution >= 4 is 27.7 Å². The van der Waals surface area contributed by atoms with Crippen molar-refractivity contribution in [2.24, 2.45) is 5.92 Å². The van der Waals surface area contributed by atoms with Crippen LogP contribution in [0.15, 0.2) is 6.07 Å². The number of amides is 1. The highest BCUT2D eigenvalue weighted by Gasteiger charge is 2.33. The molecular formula is C18H30N6O3S. The van der Waals surface area contributed by atoms with E-state index in [4.69, 9.17) is 0 Å². The van der Waals surface area contributed by atoms with Crippen LogP contribution in [0.2, 0.25) is 0 Å². The van der Waals surface area contributed by atoms with Crippen LogP contribution < -0.4 is 10.2 Å². The topological polar surface area (TPSA) is 98.7 Å². The highest BCUT2D eigenvalue weighted by molar-refractivity contribution is 7.88. The van der Waals surface area contributed by atoms with E-state index in [9.17, 15) is 13.2 Å². The van der Waals surface area contributed by atoms with Gasteiger partial charge in [0.25, 0.3) is 0 Å². The molecule has 0 aliphatic carbocycles. The molecule has 0 saturated carbocycles. The van der Waals surface area contributed by atoms with E-state index in [1.54, 1.807) is 0 Å². The maximum absolute atomic E-state index is 12.8. The molecule has 0 radical (unpaired) electrons. The lowest BCUT2D eigenvalue weighted by molar-refractivity contribution is -0.137. The van der Waals surface area contributed by atoms with E-state index in [0.29, 0.717) is 58.1 Å². The fourth-order valence-corrected chi connectivity index (χ4v) is 4.66. The standard InChI is InChI=1S/C18H30N6O3S/c1-4-19-16-13-14(2)20-18(21-16)23-11-9-22(10-12-23)17(25)15-5-7-24(8-6-15)28(3,26)27/h13,15H,4-12H2,1-3H3,(H,19,20,21). The summed E-state index contributed by atoms with van der Waals surface area (Å²) >= 11 is 0. The van der Waals surface area contributed by atoms with Gasteiger partial charge in [0.05, 0.1) is 6.26 Å². The Morgan fingerprint density at radius 2 is 1.79 bits per heavy atom. The first-order valence-corrected chi connectivity index (χ1v) is 11.7. The number of hydrogen-bond acceptors (Lipinski definition) is 7. The van der Waals surface area contributed by atoms with Crippen LogP contribution in [0.4, 0.5) is 11.8 Å². The number of piperidine rings is 1. The Labute approximate surface area is 167 Å². The molecule has 2 saturated heterocycles. The highest BCUT2D eigenvalue weighted by Crippen LogP contribution is 2.23. The summed E-state index contributed by atoms with van der Waals surface area (Å²) in [6.45, 7) is 8.32. The van der Waals surface area contributed by atoms with E-state index in [1.807, 2.05) is 24.8 Å². The number of carbonyl (C=O) groups excluding carboxylic acids is 1. The summed E-state index contributed by atoms with van der Waals surface area (Å²) in [6.07, 6.45) is 2.42. The number of anilines is 2. The summed E-state index contributed by atoms with van der Waals surface area (Å²) in [6, 6.07) is 1.93. The fourth-order valence-electron chi connectivity index (χ4n) is 3.79. The summed E-state index contributed by atoms with van der Waals surface area (Å²) in [5, 5.41) is 3.22. The third kappa shape index (κ3) is 4.91. The summed E-state index contributed by atoms with van der Waals surface area (Å²) < 4.78 is 24.7. The van der Waals surface area contributed by atoms with Crippen molar-refractivity contribution in [2.75, 3.05) is 62.3 Å². The maximum Gasteiger partial charge on any atom is 0.227 e. The number of piperazine rings is 1. The smallest absolute Gasteiger partial charge is 0.227 e. The second-order valence-electron chi connectivity index (χ2n) is 7.47. The summed E-state index contributed by atoms with van der Waals surface area (Å²) in [5.41, 5.74) is 0.914. The van der Waals surface area contributed by atoms with Crippen molar-refractivity contribution in [1.82, 2.24) is 19.2 Å². The van der Waals surface area contributed by atoms with E-state index in [1.165, 1.54) is 10.6 Å². The molecule has 10 heteroatoms. The molecule has 1 N–H and O–H groups in total. The minimum absolute atomic E-state index is 0.0832. The molecule has 156 valence electrons. The average Bonchev–Trinajstić information content (AvgIpc) is 2.67. The number of carbonyl (C=O) groups is 1. The quantitative estimate of drug-likeness (QED) is 0.756. The number of aryl methyl sites for hydroxylation is 1. The van der Waals surface area contributed by atoms with Crippen molar-refractivity contribution in [3.05, 3.63) is 11.8 Å². The van der Waals surface area contributed by atoms with Crippen molar-refractivity contribution < 1.29 is 13.2 Å². The van der Waals surface area contributed by atoms with Gasteiger partial charge in [0.2, 0.25) is 21.9 Å². The first kappa shape index (κ1) is 20.8. The van der Waals surface area contributed by atoms with Crippen molar-refractivity contribution in [3.8, 4) is 0 Å². The molecule has 2 aliphatic rings. The van der Waals surface area contributed by atoms with Crippen molar-refractivity contribution in [3.63, 3.8) is 0 Å². The maximum atomic E-state index is 12.8. The van der Waals surface area contributed by atoms with Crippen LogP contribution in [0, 0.1) is 12.8 Å². The van der Waals surface area contributed by atoms with Gasteiger partial charge in [0.15, 0.2) is 0 Å². The van der Waals surface area contributed by atoms with Crippen LogP contribution in [0.1, 0.15) is 25.5 Å². The molecule has 9 nitrogen and oxygen atoms in total. The molecule has 3 rings (SSSR count). The molecular weight excluding hydrogens is 380 g/mol. The van der Waals surface area contributed by atoms with E-state index in [2.05, 4.69) is 20.2 Å². The van der Waals surface area contributed by atoms with Gasteiger partial charge in [-0.2, -0.15) is 4.98 Å². The van der Waals surface area contributed by atoms with Crippen molar-refractivity contribution in [2.45, 2.75) is 26.7 Å². The zero-order valence-corrected chi connectivity index (χ0v) is 17.7. The van der Waals surface area contributed by atoms with Crippen LogP contribution in [0.3, 0.4) is 0 Å². The van der Waals surface area contributed by atoms with E-state index in [-0.39, 0.29) is 11.8 Å². The van der Waals surface area contributed by atoms with Crippen LogP contribution in [-0.2, 0) is 14.8 Å². The second kappa shape index (κ2) is 8.60. The monoisotopic (exact) mass is 410 g/mol. The third-order valence-corrected chi connectivity index (χ3v) is 6.65. The summed E-state index contributed by atoms with van der Waals surface area (Å²) in [7, 11) is -3.17. The largest absolute Gasteiger partial charge is 0.370 e. The van der Waals surface area contributed by atoms with Gasteiger partial charge >= 0.3 is 0 Å². The van der Waals surface area contributed by atoms with Gasteiger partial charge in [-0.05, 0) is 26.7 Å². The van der Waals surface area contributed by atoms with Gasteiger partial charge in [-0.3, -0.25) is 4.79 Å². The zero-order chi connectivity index (χ0) is 20.3. The fraction of sp³-hybridized carbons (Fsp3) is 0.722. The van der Waals surface area contributed by atoms with Crippen molar-refractivity contribution in [1.29, 1.82) is 0 Å². The first-order chi connectivity index (χ1) is 13.3. The Hall–Kier alpha value is -1.94. The molecule has 0 spiro atoms. The van der Waals surface area contributed by atoms with Crippen LogP contribution in [0.5, 0.6) is 0 Å². The molecule has 1 amide bonds. The molecule has 0 aromatic carbocycles. The van der Waals surface area contributed by atoms with Gasteiger partial charge in [0, 0.05) is 63.5 Å².